The van der Waals surface area contributed by atoms with Crippen molar-refractivity contribution >= 4 is 0 Å². The van der Waals surface area contributed by atoms with Crippen LogP contribution in [0, 0.1) is 24.7 Å². The van der Waals surface area contributed by atoms with Crippen molar-refractivity contribution in [3.05, 3.63) is 12.2 Å². The highest BCUT2D eigenvalue weighted by atomic mass is 13.9. The molecule has 9 heavy (non-hydrogen) atoms. The predicted octanol–water partition coefficient (Wildman–Crippen LogP) is 1.98. The van der Waals surface area contributed by atoms with Gasteiger partial charge in [-0.1, -0.05) is 12.2 Å². The van der Waals surface area contributed by atoms with Crippen molar-refractivity contribution in [3.8, 4) is 24.7 Å². The summed E-state index contributed by atoms with van der Waals surface area (Å²) < 4.78 is 0. The average Bonchev–Trinajstić information content (AvgIpc) is 1.85. The standard InChI is InChI=1S/C9H10/c1-4-6-8-9(3)7-5-2/h1-2H,3,6-8H2. The van der Waals surface area contributed by atoms with Gasteiger partial charge in [0.2, 0.25) is 0 Å². The minimum absolute atomic E-state index is 0.654. The fourth-order valence-corrected chi connectivity index (χ4v) is 0.482. The van der Waals surface area contributed by atoms with E-state index in [1.165, 1.54) is 0 Å². The third-order valence-corrected chi connectivity index (χ3v) is 0.975. The highest BCUT2D eigenvalue weighted by Crippen LogP contribution is 2.04. The highest BCUT2D eigenvalue weighted by Gasteiger charge is 1.87. The highest BCUT2D eigenvalue weighted by molar-refractivity contribution is 5.07. The SMILES string of the molecule is C#CCCC(=C)CC#C. The molecule has 0 aromatic rings. The molecule has 0 atom stereocenters. The molecule has 0 amide bonds. The van der Waals surface area contributed by atoms with E-state index >= 15 is 0 Å². The van der Waals surface area contributed by atoms with Crippen molar-refractivity contribution in [1.82, 2.24) is 0 Å². The lowest BCUT2D eigenvalue weighted by atomic mass is 10.1. The maximum absolute atomic E-state index is 5.04. The Kier molecular flexibility index (Phi) is 4.37. The van der Waals surface area contributed by atoms with Crippen molar-refractivity contribution in [2.45, 2.75) is 19.3 Å². The van der Waals surface area contributed by atoms with E-state index in [0.29, 0.717) is 6.42 Å². The van der Waals surface area contributed by atoms with Gasteiger partial charge in [0.1, 0.15) is 0 Å². The first kappa shape index (κ1) is 7.86. The molecule has 0 radical (unpaired) electrons. The van der Waals surface area contributed by atoms with Crippen LogP contribution in [-0.2, 0) is 0 Å². The number of hydrogen-bond acceptors (Lipinski definition) is 0. The van der Waals surface area contributed by atoms with E-state index < -0.39 is 0 Å². The van der Waals surface area contributed by atoms with Crippen LogP contribution in [-0.4, -0.2) is 0 Å². The zero-order valence-electron chi connectivity index (χ0n) is 5.48. The van der Waals surface area contributed by atoms with Crippen LogP contribution in [0.3, 0.4) is 0 Å². The Bertz CT molecular complexity index is 161. The number of terminal acetylenes is 2. The molecule has 0 N–H and O–H groups in total. The average molecular weight is 118 g/mol. The van der Waals surface area contributed by atoms with E-state index in [2.05, 4.69) is 18.4 Å². The van der Waals surface area contributed by atoms with Gasteiger partial charge >= 0.3 is 0 Å². The predicted molar refractivity (Wildman–Crippen MR) is 40.7 cm³/mol. The van der Waals surface area contributed by atoms with Gasteiger partial charge in [0, 0.05) is 12.8 Å². The molecule has 0 nitrogen and oxygen atoms in total. The van der Waals surface area contributed by atoms with Gasteiger partial charge in [0.25, 0.3) is 0 Å². The Morgan fingerprint density at radius 1 is 1.33 bits per heavy atom. The summed E-state index contributed by atoms with van der Waals surface area (Å²) in [5.74, 6) is 5.04. The minimum Gasteiger partial charge on any atom is -0.120 e. The zero-order valence-corrected chi connectivity index (χ0v) is 5.48. The van der Waals surface area contributed by atoms with Crippen LogP contribution in [0.25, 0.3) is 0 Å². The summed E-state index contributed by atoms with van der Waals surface area (Å²) in [6.07, 6.45) is 12.3. The van der Waals surface area contributed by atoms with Gasteiger partial charge in [-0.3, -0.25) is 0 Å². The Balaban J connectivity index is 3.33. The monoisotopic (exact) mass is 118 g/mol. The van der Waals surface area contributed by atoms with Crippen LogP contribution in [0.5, 0.6) is 0 Å². The van der Waals surface area contributed by atoms with Gasteiger partial charge in [0.05, 0.1) is 0 Å². The Hall–Kier alpha value is -1.14. The summed E-state index contributed by atoms with van der Waals surface area (Å²) in [6.45, 7) is 3.74. The molecule has 0 aliphatic heterocycles. The van der Waals surface area contributed by atoms with Crippen LogP contribution in [0.1, 0.15) is 19.3 Å². The summed E-state index contributed by atoms with van der Waals surface area (Å²) in [6, 6.07) is 0. The van der Waals surface area contributed by atoms with Gasteiger partial charge in [-0.25, -0.2) is 0 Å². The smallest absolute Gasteiger partial charge is 0.0294 e. The van der Waals surface area contributed by atoms with Gasteiger partial charge < -0.3 is 0 Å². The second kappa shape index (κ2) is 5.01. The second-order valence-corrected chi connectivity index (χ2v) is 1.84. The molecule has 0 heteroatoms. The second-order valence-electron chi connectivity index (χ2n) is 1.84. The van der Waals surface area contributed by atoms with Crippen molar-refractivity contribution in [1.29, 1.82) is 0 Å². The quantitative estimate of drug-likeness (QED) is 0.392. The summed E-state index contributed by atoms with van der Waals surface area (Å²) in [7, 11) is 0. The van der Waals surface area contributed by atoms with E-state index in [1.807, 2.05) is 0 Å². The molecule has 0 aromatic heterocycles. The van der Waals surface area contributed by atoms with Crippen LogP contribution in [0.15, 0.2) is 12.2 Å². The van der Waals surface area contributed by atoms with Gasteiger partial charge in [-0.05, 0) is 6.42 Å². The largest absolute Gasteiger partial charge is 0.120 e. The Labute approximate surface area is 57.0 Å². The van der Waals surface area contributed by atoms with Crippen molar-refractivity contribution < 1.29 is 0 Å². The third-order valence-electron chi connectivity index (χ3n) is 0.975. The fourth-order valence-electron chi connectivity index (χ4n) is 0.482. The molecular formula is C9H10. The van der Waals surface area contributed by atoms with Crippen LogP contribution in [0.2, 0.25) is 0 Å². The Morgan fingerprint density at radius 3 is 2.44 bits per heavy atom. The number of allylic oxidation sites excluding steroid dienone is 1. The first-order valence-electron chi connectivity index (χ1n) is 2.85. The van der Waals surface area contributed by atoms with Crippen molar-refractivity contribution in [2.75, 3.05) is 0 Å². The first-order valence-corrected chi connectivity index (χ1v) is 2.85. The topological polar surface area (TPSA) is 0 Å². The molecule has 0 rings (SSSR count). The van der Waals surface area contributed by atoms with E-state index in [1.54, 1.807) is 0 Å². The molecule has 0 fully saturated rings. The van der Waals surface area contributed by atoms with E-state index in [0.717, 1.165) is 18.4 Å². The lowest BCUT2D eigenvalue weighted by molar-refractivity contribution is 0.976. The maximum atomic E-state index is 5.04. The molecule has 0 bridgehead atoms. The molecule has 0 spiro atoms. The normalized spacial score (nSPS) is 7.33. The lowest BCUT2D eigenvalue weighted by Crippen LogP contribution is -1.77. The van der Waals surface area contributed by atoms with E-state index in [9.17, 15) is 0 Å². The Morgan fingerprint density at radius 2 is 2.00 bits per heavy atom. The molecular weight excluding hydrogens is 108 g/mol. The summed E-state index contributed by atoms with van der Waals surface area (Å²) >= 11 is 0. The van der Waals surface area contributed by atoms with E-state index in [4.69, 9.17) is 12.8 Å². The minimum atomic E-state index is 0.654. The first-order chi connectivity index (χ1) is 4.31. The molecule has 46 valence electrons. The molecule has 0 heterocycles. The number of hydrogen-bond donors (Lipinski definition) is 0. The molecule has 0 aromatic carbocycles. The van der Waals surface area contributed by atoms with E-state index in [-0.39, 0.29) is 0 Å². The molecule has 0 saturated heterocycles. The number of rotatable bonds is 3. The van der Waals surface area contributed by atoms with Gasteiger partial charge in [-0.2, -0.15) is 0 Å². The molecule has 0 saturated carbocycles. The van der Waals surface area contributed by atoms with Crippen molar-refractivity contribution in [3.63, 3.8) is 0 Å². The summed E-state index contributed by atoms with van der Waals surface area (Å²) in [5.41, 5.74) is 1.05. The maximum Gasteiger partial charge on any atom is 0.0294 e. The van der Waals surface area contributed by atoms with Crippen LogP contribution in [0.4, 0.5) is 0 Å². The van der Waals surface area contributed by atoms with Gasteiger partial charge in [-0.15, -0.1) is 24.7 Å². The van der Waals surface area contributed by atoms with Crippen LogP contribution < -0.4 is 0 Å². The molecule has 0 aliphatic rings. The van der Waals surface area contributed by atoms with Gasteiger partial charge in [0.15, 0.2) is 0 Å². The summed E-state index contributed by atoms with van der Waals surface area (Å²) in [5, 5.41) is 0. The molecule has 0 unspecified atom stereocenters. The lowest BCUT2D eigenvalue weighted by Gasteiger charge is -1.93. The fraction of sp³-hybridized carbons (Fsp3) is 0.333. The van der Waals surface area contributed by atoms with Crippen molar-refractivity contribution in [2.24, 2.45) is 0 Å². The summed E-state index contributed by atoms with van der Waals surface area (Å²) in [4.78, 5) is 0. The molecule has 0 aliphatic carbocycles. The zero-order chi connectivity index (χ0) is 7.11. The van der Waals surface area contributed by atoms with Crippen LogP contribution >= 0.6 is 0 Å². The third kappa shape index (κ3) is 4.72.